The van der Waals surface area contributed by atoms with Crippen LogP contribution in [0, 0.1) is 11.3 Å². The zero-order valence-electron chi connectivity index (χ0n) is 9.01. The molecule has 0 saturated heterocycles. The quantitative estimate of drug-likeness (QED) is 0.607. The van der Waals surface area contributed by atoms with Gasteiger partial charge in [-0.05, 0) is 17.8 Å². The Morgan fingerprint density at radius 3 is 2.38 bits per heavy atom. The van der Waals surface area contributed by atoms with E-state index in [2.05, 4.69) is 13.8 Å². The molecule has 1 saturated carbocycles. The molecule has 1 fully saturated rings. The lowest BCUT2D eigenvalue weighted by molar-refractivity contribution is -0.109. The summed E-state index contributed by atoms with van der Waals surface area (Å²) in [5.74, 6) is 0.892. The van der Waals surface area contributed by atoms with Gasteiger partial charge in [0.25, 0.3) is 0 Å². The van der Waals surface area contributed by atoms with Crippen LogP contribution in [0.1, 0.15) is 58.8 Å². The topological polar surface area (TPSA) is 17.1 Å². The number of carbonyl (C=O) groups excluding carboxylic acids is 1. The number of aldehydes is 1. The van der Waals surface area contributed by atoms with Gasteiger partial charge in [-0.15, -0.1) is 0 Å². The summed E-state index contributed by atoms with van der Waals surface area (Å²) in [6.07, 6.45) is 10.1. The van der Waals surface area contributed by atoms with Gasteiger partial charge in [-0.2, -0.15) is 0 Å². The Balaban J connectivity index is 2.32. The predicted octanol–water partition coefficient (Wildman–Crippen LogP) is 3.57. The van der Waals surface area contributed by atoms with Crippen molar-refractivity contribution in [1.82, 2.24) is 0 Å². The van der Waals surface area contributed by atoms with Crippen LogP contribution in [0.25, 0.3) is 0 Å². The third-order valence-electron chi connectivity index (χ3n) is 3.20. The first-order chi connectivity index (χ1) is 6.14. The maximum absolute atomic E-state index is 10.5. The zero-order valence-corrected chi connectivity index (χ0v) is 9.01. The minimum Gasteiger partial charge on any atom is -0.303 e. The molecule has 0 atom stereocenters. The number of rotatable bonds is 4. The Labute approximate surface area is 81.9 Å². The van der Waals surface area contributed by atoms with E-state index in [9.17, 15) is 4.79 Å². The second-order valence-electron chi connectivity index (χ2n) is 5.24. The summed E-state index contributed by atoms with van der Waals surface area (Å²) < 4.78 is 0. The highest BCUT2D eigenvalue weighted by molar-refractivity contribution is 5.50. The van der Waals surface area contributed by atoms with Crippen molar-refractivity contribution >= 4 is 6.29 Å². The van der Waals surface area contributed by atoms with Gasteiger partial charge >= 0.3 is 0 Å². The molecule has 1 aliphatic carbocycles. The van der Waals surface area contributed by atoms with Gasteiger partial charge in [-0.25, -0.2) is 0 Å². The standard InChI is InChI=1S/C12H22O/c1-12(2,8-9-13)10-11-6-4-3-5-7-11/h9,11H,3-8,10H2,1-2H3. The molecule has 0 unspecified atom stereocenters. The minimum absolute atomic E-state index is 0.240. The Hall–Kier alpha value is -0.330. The monoisotopic (exact) mass is 182 g/mol. The van der Waals surface area contributed by atoms with Crippen LogP contribution in [0.3, 0.4) is 0 Å². The van der Waals surface area contributed by atoms with Gasteiger partial charge < -0.3 is 4.79 Å². The van der Waals surface area contributed by atoms with E-state index in [1.54, 1.807) is 0 Å². The number of carbonyl (C=O) groups is 1. The lowest BCUT2D eigenvalue weighted by Gasteiger charge is -2.30. The summed E-state index contributed by atoms with van der Waals surface area (Å²) in [6.45, 7) is 4.44. The molecule has 0 amide bonds. The molecule has 0 aromatic heterocycles. The van der Waals surface area contributed by atoms with E-state index in [1.807, 2.05) is 0 Å². The molecule has 1 nitrogen and oxygen atoms in total. The summed E-state index contributed by atoms with van der Waals surface area (Å²) in [4.78, 5) is 10.5. The van der Waals surface area contributed by atoms with Crippen molar-refractivity contribution in [3.8, 4) is 0 Å². The Morgan fingerprint density at radius 2 is 1.85 bits per heavy atom. The van der Waals surface area contributed by atoms with Gasteiger partial charge in [0.1, 0.15) is 6.29 Å². The van der Waals surface area contributed by atoms with Gasteiger partial charge in [-0.3, -0.25) is 0 Å². The highest BCUT2D eigenvalue weighted by Crippen LogP contribution is 2.35. The average molecular weight is 182 g/mol. The van der Waals surface area contributed by atoms with Crippen molar-refractivity contribution in [3.63, 3.8) is 0 Å². The van der Waals surface area contributed by atoms with E-state index in [4.69, 9.17) is 0 Å². The highest BCUT2D eigenvalue weighted by atomic mass is 16.1. The normalized spacial score (nSPS) is 20.2. The molecule has 0 N–H and O–H groups in total. The molecule has 13 heavy (non-hydrogen) atoms. The summed E-state index contributed by atoms with van der Waals surface area (Å²) in [5, 5.41) is 0. The van der Waals surface area contributed by atoms with Crippen molar-refractivity contribution in [2.45, 2.75) is 58.8 Å². The Kier molecular flexibility index (Phi) is 3.95. The number of hydrogen-bond donors (Lipinski definition) is 0. The molecule has 0 bridgehead atoms. The number of hydrogen-bond acceptors (Lipinski definition) is 1. The molecule has 0 aromatic carbocycles. The van der Waals surface area contributed by atoms with Crippen molar-refractivity contribution in [2.75, 3.05) is 0 Å². The minimum atomic E-state index is 0.240. The lowest BCUT2D eigenvalue weighted by atomic mass is 9.75. The molecule has 0 spiro atoms. The third kappa shape index (κ3) is 3.93. The SMILES string of the molecule is CC(C)(CC=O)CC1CCCCC1. The molecular formula is C12H22O. The van der Waals surface area contributed by atoms with Crippen LogP contribution in [0.5, 0.6) is 0 Å². The van der Waals surface area contributed by atoms with Gasteiger partial charge in [0.15, 0.2) is 0 Å². The van der Waals surface area contributed by atoms with Gasteiger partial charge in [-0.1, -0.05) is 46.0 Å². The van der Waals surface area contributed by atoms with Gasteiger partial charge in [0.05, 0.1) is 0 Å². The Morgan fingerprint density at radius 1 is 1.23 bits per heavy atom. The molecule has 1 heteroatoms. The smallest absolute Gasteiger partial charge is 0.120 e. The van der Waals surface area contributed by atoms with Crippen LogP contribution >= 0.6 is 0 Å². The van der Waals surface area contributed by atoms with E-state index >= 15 is 0 Å². The van der Waals surface area contributed by atoms with Crippen LogP contribution in [0.4, 0.5) is 0 Å². The lowest BCUT2D eigenvalue weighted by Crippen LogP contribution is -2.19. The molecule has 76 valence electrons. The van der Waals surface area contributed by atoms with Crippen LogP contribution in [0.2, 0.25) is 0 Å². The van der Waals surface area contributed by atoms with Gasteiger partial charge in [0.2, 0.25) is 0 Å². The first-order valence-corrected chi connectivity index (χ1v) is 5.58. The fraction of sp³-hybridized carbons (Fsp3) is 0.917. The van der Waals surface area contributed by atoms with Gasteiger partial charge in [0, 0.05) is 6.42 Å². The second-order valence-corrected chi connectivity index (χ2v) is 5.24. The van der Waals surface area contributed by atoms with E-state index in [1.165, 1.54) is 38.5 Å². The molecule has 0 aromatic rings. The highest BCUT2D eigenvalue weighted by Gasteiger charge is 2.23. The summed E-state index contributed by atoms with van der Waals surface area (Å²) >= 11 is 0. The fourth-order valence-electron chi connectivity index (χ4n) is 2.48. The van der Waals surface area contributed by atoms with Crippen LogP contribution in [-0.2, 0) is 4.79 Å². The molecular weight excluding hydrogens is 160 g/mol. The largest absolute Gasteiger partial charge is 0.303 e. The predicted molar refractivity (Wildman–Crippen MR) is 55.7 cm³/mol. The summed E-state index contributed by atoms with van der Waals surface area (Å²) in [7, 11) is 0. The molecule has 1 rings (SSSR count). The van der Waals surface area contributed by atoms with Crippen molar-refractivity contribution in [1.29, 1.82) is 0 Å². The van der Waals surface area contributed by atoms with E-state index in [-0.39, 0.29) is 5.41 Å². The van der Waals surface area contributed by atoms with Crippen molar-refractivity contribution in [3.05, 3.63) is 0 Å². The van der Waals surface area contributed by atoms with E-state index in [0.717, 1.165) is 18.6 Å². The van der Waals surface area contributed by atoms with Crippen molar-refractivity contribution < 1.29 is 4.79 Å². The van der Waals surface area contributed by atoms with Crippen LogP contribution in [-0.4, -0.2) is 6.29 Å². The zero-order chi connectivity index (χ0) is 9.73. The maximum Gasteiger partial charge on any atom is 0.120 e. The molecule has 0 radical (unpaired) electrons. The van der Waals surface area contributed by atoms with Crippen molar-refractivity contribution in [2.24, 2.45) is 11.3 Å². The third-order valence-corrected chi connectivity index (χ3v) is 3.20. The first-order valence-electron chi connectivity index (χ1n) is 5.58. The first kappa shape index (κ1) is 10.7. The Bertz CT molecular complexity index is 155. The fourth-order valence-corrected chi connectivity index (χ4v) is 2.48. The average Bonchev–Trinajstić information content (AvgIpc) is 2.04. The maximum atomic E-state index is 10.5. The second kappa shape index (κ2) is 4.78. The van der Waals surface area contributed by atoms with Crippen LogP contribution < -0.4 is 0 Å². The van der Waals surface area contributed by atoms with E-state index in [0.29, 0.717) is 0 Å². The van der Waals surface area contributed by atoms with E-state index < -0.39 is 0 Å². The van der Waals surface area contributed by atoms with Crippen LogP contribution in [0.15, 0.2) is 0 Å². The molecule has 0 aliphatic heterocycles. The summed E-state index contributed by atoms with van der Waals surface area (Å²) in [5.41, 5.74) is 0.240. The summed E-state index contributed by atoms with van der Waals surface area (Å²) in [6, 6.07) is 0. The molecule has 0 heterocycles. The molecule has 1 aliphatic rings.